The Kier molecular flexibility index (Phi) is 7.34. The van der Waals surface area contributed by atoms with E-state index in [1.165, 1.54) is 6.07 Å². The number of carbonyl (C=O) groups is 1. The summed E-state index contributed by atoms with van der Waals surface area (Å²) in [6.45, 7) is 3.99. The van der Waals surface area contributed by atoms with Crippen molar-refractivity contribution >= 4 is 29.0 Å². The molecule has 0 aliphatic carbocycles. The van der Waals surface area contributed by atoms with Crippen LogP contribution in [0.5, 0.6) is 0 Å². The third-order valence-electron chi connectivity index (χ3n) is 5.52. The van der Waals surface area contributed by atoms with Crippen molar-refractivity contribution < 1.29 is 18.7 Å². The van der Waals surface area contributed by atoms with Crippen LogP contribution < -0.4 is 16.0 Å². The number of pyridine rings is 1. The van der Waals surface area contributed by atoms with E-state index in [4.69, 9.17) is 21.1 Å². The summed E-state index contributed by atoms with van der Waals surface area (Å²) in [6.07, 6.45) is 2.53. The molecule has 31 heavy (non-hydrogen) atoms. The number of nitrogens with zero attached hydrogens (tertiary/aromatic N) is 1. The lowest BCUT2D eigenvalue weighted by Crippen LogP contribution is -2.45. The molecule has 9 heteroatoms. The van der Waals surface area contributed by atoms with E-state index in [1.807, 2.05) is 12.1 Å². The first kappa shape index (κ1) is 22.0. The van der Waals surface area contributed by atoms with Gasteiger partial charge in [-0.2, -0.15) is 0 Å². The predicted molar refractivity (Wildman–Crippen MR) is 118 cm³/mol. The molecule has 0 radical (unpaired) electrons. The molecule has 4 rings (SSSR count). The van der Waals surface area contributed by atoms with E-state index < -0.39 is 11.9 Å². The van der Waals surface area contributed by atoms with Crippen LogP contribution in [0.1, 0.15) is 12.8 Å². The van der Waals surface area contributed by atoms with Crippen LogP contribution in [0, 0.1) is 11.7 Å². The highest BCUT2D eigenvalue weighted by atomic mass is 35.5. The summed E-state index contributed by atoms with van der Waals surface area (Å²) in [4.78, 5) is 16.4. The lowest BCUT2D eigenvalue weighted by molar-refractivity contribution is -0.128. The molecule has 0 spiro atoms. The van der Waals surface area contributed by atoms with Gasteiger partial charge in [-0.15, -0.1) is 0 Å². The number of hydrogen-bond donors (Lipinski definition) is 3. The van der Waals surface area contributed by atoms with E-state index in [2.05, 4.69) is 20.9 Å². The molecule has 2 saturated heterocycles. The topological polar surface area (TPSA) is 84.5 Å². The lowest BCUT2D eigenvalue weighted by Gasteiger charge is -2.23. The largest absolute Gasteiger partial charge is 0.385 e. The van der Waals surface area contributed by atoms with Crippen LogP contribution in [0.3, 0.4) is 0 Å². The van der Waals surface area contributed by atoms with Crippen molar-refractivity contribution in [1.82, 2.24) is 10.3 Å². The van der Waals surface area contributed by atoms with Gasteiger partial charge < -0.3 is 25.4 Å². The van der Waals surface area contributed by atoms with Gasteiger partial charge in [0.15, 0.2) is 0 Å². The fourth-order valence-electron chi connectivity index (χ4n) is 3.71. The maximum Gasteiger partial charge on any atom is 0.255 e. The number of morpholine rings is 1. The molecule has 2 aromatic rings. The standard InChI is InChI=1S/C22H26ClFN4O3/c23-18-2-1-15(26-11-14-3-6-30-7-4-14)9-16(18)17-10-21(27-12-19(17)24)28-22(29)20-13-25-5-8-31-20/h1-2,9-10,12,14,20,25-26H,3-8,11,13H2,(H,27,28,29). The average molecular weight is 449 g/mol. The summed E-state index contributed by atoms with van der Waals surface area (Å²) in [5.41, 5.74) is 1.66. The van der Waals surface area contributed by atoms with Crippen molar-refractivity contribution in [3.8, 4) is 11.1 Å². The quantitative estimate of drug-likeness (QED) is 0.628. The Morgan fingerprint density at radius 2 is 2.06 bits per heavy atom. The first-order valence-electron chi connectivity index (χ1n) is 10.5. The van der Waals surface area contributed by atoms with Crippen LogP contribution in [0.15, 0.2) is 30.5 Å². The molecular weight excluding hydrogens is 423 g/mol. The van der Waals surface area contributed by atoms with Crippen molar-refractivity contribution in [3.05, 3.63) is 41.3 Å². The number of hydrogen-bond acceptors (Lipinski definition) is 6. The van der Waals surface area contributed by atoms with Crippen LogP contribution in [0.2, 0.25) is 5.02 Å². The van der Waals surface area contributed by atoms with Crippen molar-refractivity contribution in [3.63, 3.8) is 0 Å². The normalized spacial score (nSPS) is 19.7. The fraction of sp³-hybridized carbons (Fsp3) is 0.455. The van der Waals surface area contributed by atoms with Gasteiger partial charge in [0.1, 0.15) is 17.7 Å². The molecule has 1 aromatic carbocycles. The molecule has 1 aromatic heterocycles. The van der Waals surface area contributed by atoms with Gasteiger partial charge in [0.2, 0.25) is 0 Å². The summed E-state index contributed by atoms with van der Waals surface area (Å²) in [5.74, 6) is -0.0525. The molecule has 2 aliphatic rings. The smallest absolute Gasteiger partial charge is 0.255 e. The number of ether oxygens (including phenoxy) is 2. The Morgan fingerprint density at radius 1 is 1.23 bits per heavy atom. The molecule has 7 nitrogen and oxygen atoms in total. The molecular formula is C22H26ClFN4O3. The van der Waals surface area contributed by atoms with Gasteiger partial charge >= 0.3 is 0 Å². The van der Waals surface area contributed by atoms with Gasteiger partial charge in [-0.1, -0.05) is 11.6 Å². The lowest BCUT2D eigenvalue weighted by atomic mass is 10.00. The van der Waals surface area contributed by atoms with Crippen molar-refractivity contribution in [1.29, 1.82) is 0 Å². The zero-order chi connectivity index (χ0) is 21.6. The number of halogens is 2. The number of rotatable bonds is 6. The van der Waals surface area contributed by atoms with Crippen molar-refractivity contribution in [2.45, 2.75) is 18.9 Å². The van der Waals surface area contributed by atoms with E-state index in [0.29, 0.717) is 36.2 Å². The minimum atomic E-state index is -0.606. The fourth-order valence-corrected chi connectivity index (χ4v) is 3.93. The molecule has 166 valence electrons. The highest BCUT2D eigenvalue weighted by Crippen LogP contribution is 2.33. The number of aromatic nitrogens is 1. The van der Waals surface area contributed by atoms with Gasteiger partial charge in [0.05, 0.1) is 12.8 Å². The summed E-state index contributed by atoms with van der Waals surface area (Å²) in [6, 6.07) is 6.93. The van der Waals surface area contributed by atoms with Gasteiger partial charge in [0.25, 0.3) is 5.91 Å². The number of amides is 1. The third kappa shape index (κ3) is 5.71. The summed E-state index contributed by atoms with van der Waals surface area (Å²) in [7, 11) is 0. The van der Waals surface area contributed by atoms with Crippen LogP contribution in [-0.2, 0) is 14.3 Å². The van der Waals surface area contributed by atoms with E-state index in [-0.39, 0.29) is 17.3 Å². The monoisotopic (exact) mass is 448 g/mol. The Bertz CT molecular complexity index is 918. The molecule has 0 saturated carbocycles. The number of carbonyl (C=O) groups excluding carboxylic acids is 1. The summed E-state index contributed by atoms with van der Waals surface area (Å²) >= 11 is 6.38. The molecule has 1 atom stereocenters. The van der Waals surface area contributed by atoms with Crippen LogP contribution in [-0.4, -0.2) is 56.5 Å². The SMILES string of the molecule is O=C(Nc1cc(-c2cc(NCC3CCOCC3)ccc2Cl)c(F)cn1)C1CNCCO1. The van der Waals surface area contributed by atoms with Crippen molar-refractivity contribution in [2.75, 3.05) is 50.1 Å². The van der Waals surface area contributed by atoms with E-state index in [0.717, 1.165) is 44.5 Å². The molecule has 2 fully saturated rings. The average Bonchev–Trinajstić information content (AvgIpc) is 2.81. The second-order valence-electron chi connectivity index (χ2n) is 7.73. The Hall–Kier alpha value is -2.26. The van der Waals surface area contributed by atoms with E-state index in [9.17, 15) is 9.18 Å². The van der Waals surface area contributed by atoms with E-state index in [1.54, 1.807) is 6.07 Å². The summed E-state index contributed by atoms with van der Waals surface area (Å²) < 4.78 is 25.5. The number of anilines is 2. The van der Waals surface area contributed by atoms with Crippen LogP contribution in [0.4, 0.5) is 15.9 Å². The Labute approximate surface area is 185 Å². The maximum absolute atomic E-state index is 14.6. The minimum Gasteiger partial charge on any atom is -0.385 e. The molecule has 0 bridgehead atoms. The van der Waals surface area contributed by atoms with Gasteiger partial charge in [-0.25, -0.2) is 9.37 Å². The van der Waals surface area contributed by atoms with Crippen LogP contribution >= 0.6 is 11.6 Å². The Morgan fingerprint density at radius 3 is 2.84 bits per heavy atom. The maximum atomic E-state index is 14.6. The Balaban J connectivity index is 1.49. The molecule has 1 unspecified atom stereocenters. The third-order valence-corrected chi connectivity index (χ3v) is 5.85. The zero-order valence-corrected chi connectivity index (χ0v) is 17.9. The predicted octanol–water partition coefficient (Wildman–Crippen LogP) is 3.31. The second kappa shape index (κ2) is 10.4. The molecule has 1 amide bonds. The van der Waals surface area contributed by atoms with Crippen LogP contribution in [0.25, 0.3) is 11.1 Å². The van der Waals surface area contributed by atoms with Crippen molar-refractivity contribution in [2.24, 2.45) is 5.92 Å². The zero-order valence-electron chi connectivity index (χ0n) is 17.1. The molecule has 2 aliphatic heterocycles. The highest BCUT2D eigenvalue weighted by molar-refractivity contribution is 6.33. The first-order chi connectivity index (χ1) is 15.1. The van der Waals surface area contributed by atoms with Gasteiger partial charge in [-0.3, -0.25) is 4.79 Å². The minimum absolute atomic E-state index is 0.243. The molecule has 3 N–H and O–H groups in total. The molecule has 3 heterocycles. The number of benzene rings is 1. The van der Waals surface area contributed by atoms with Gasteiger partial charge in [0, 0.05) is 54.7 Å². The first-order valence-corrected chi connectivity index (χ1v) is 10.9. The highest BCUT2D eigenvalue weighted by Gasteiger charge is 2.23. The van der Waals surface area contributed by atoms with Gasteiger partial charge in [-0.05, 0) is 43.0 Å². The number of nitrogens with one attached hydrogen (secondary N) is 3. The van der Waals surface area contributed by atoms with E-state index >= 15 is 0 Å². The second-order valence-corrected chi connectivity index (χ2v) is 8.14. The summed E-state index contributed by atoms with van der Waals surface area (Å²) in [5, 5.41) is 9.63.